The van der Waals surface area contributed by atoms with Crippen LogP contribution in [0, 0.1) is 11.8 Å². The molecule has 1 atom stereocenters. The number of nitrogens with zero attached hydrogens (tertiary/aromatic N) is 3. The SMILES string of the molecule is CCCN(CC1CCN(C(=O)N2CCOCC2)CC1)[C@@H](C)Cc1cccc(NC(=O)C2CCCCC2)c1. The van der Waals surface area contributed by atoms with Gasteiger partial charge < -0.3 is 24.8 Å². The summed E-state index contributed by atoms with van der Waals surface area (Å²) in [6.07, 6.45) is 9.91. The van der Waals surface area contributed by atoms with E-state index in [-0.39, 0.29) is 17.9 Å². The Hall–Kier alpha value is -2.12. The van der Waals surface area contributed by atoms with Crippen LogP contribution in [0.15, 0.2) is 24.3 Å². The minimum Gasteiger partial charge on any atom is -0.378 e. The summed E-state index contributed by atoms with van der Waals surface area (Å²) in [6, 6.07) is 9.06. The second kappa shape index (κ2) is 14.1. The zero-order valence-corrected chi connectivity index (χ0v) is 23.1. The second-order valence-electron chi connectivity index (χ2n) is 11.4. The molecule has 1 saturated carbocycles. The van der Waals surface area contributed by atoms with Crippen LogP contribution in [0.4, 0.5) is 10.5 Å². The van der Waals surface area contributed by atoms with Crippen LogP contribution in [0.3, 0.4) is 0 Å². The first-order chi connectivity index (χ1) is 18.0. The number of likely N-dealkylation sites (tertiary alicyclic amines) is 1. The number of carbonyl (C=O) groups is 2. The quantitative estimate of drug-likeness (QED) is 0.505. The molecule has 1 aromatic carbocycles. The van der Waals surface area contributed by atoms with Gasteiger partial charge in [0.2, 0.25) is 5.91 Å². The van der Waals surface area contributed by atoms with E-state index in [0.29, 0.717) is 38.3 Å². The number of rotatable bonds is 9. The first kappa shape index (κ1) is 27.9. The Balaban J connectivity index is 1.26. The number of hydrogen-bond donors (Lipinski definition) is 1. The van der Waals surface area contributed by atoms with Crippen LogP contribution in [0.5, 0.6) is 0 Å². The third kappa shape index (κ3) is 8.18. The smallest absolute Gasteiger partial charge is 0.320 e. The number of ether oxygens (including phenoxy) is 1. The first-order valence-electron chi connectivity index (χ1n) is 14.8. The molecule has 37 heavy (non-hydrogen) atoms. The molecule has 0 aromatic heterocycles. The lowest BCUT2D eigenvalue weighted by Gasteiger charge is -2.39. The Kier molecular flexibility index (Phi) is 10.7. The number of benzene rings is 1. The van der Waals surface area contributed by atoms with Gasteiger partial charge in [0, 0.05) is 50.4 Å². The summed E-state index contributed by atoms with van der Waals surface area (Å²) in [5, 5.41) is 3.19. The van der Waals surface area contributed by atoms with Crippen molar-refractivity contribution in [1.82, 2.24) is 14.7 Å². The minimum absolute atomic E-state index is 0.173. The van der Waals surface area contributed by atoms with E-state index in [9.17, 15) is 9.59 Å². The molecule has 0 radical (unpaired) electrons. The van der Waals surface area contributed by atoms with Gasteiger partial charge in [0.05, 0.1) is 13.2 Å². The summed E-state index contributed by atoms with van der Waals surface area (Å²) in [4.78, 5) is 32.2. The van der Waals surface area contributed by atoms with E-state index in [1.54, 1.807) is 0 Å². The lowest BCUT2D eigenvalue weighted by atomic mass is 9.88. The number of amides is 3. The zero-order chi connectivity index (χ0) is 26.0. The van der Waals surface area contributed by atoms with Crippen molar-refractivity contribution in [3.05, 3.63) is 29.8 Å². The fraction of sp³-hybridized carbons (Fsp3) is 0.733. The highest BCUT2D eigenvalue weighted by Crippen LogP contribution is 2.26. The molecule has 1 N–H and O–H groups in total. The molecule has 1 aliphatic carbocycles. The van der Waals surface area contributed by atoms with Crippen molar-refractivity contribution in [2.45, 2.75) is 77.7 Å². The fourth-order valence-corrected chi connectivity index (χ4v) is 6.23. The molecule has 3 fully saturated rings. The third-order valence-corrected chi connectivity index (χ3v) is 8.50. The lowest BCUT2D eigenvalue weighted by Crippen LogP contribution is -2.51. The highest BCUT2D eigenvalue weighted by molar-refractivity contribution is 5.92. The number of morpholine rings is 1. The van der Waals surface area contributed by atoms with Crippen molar-refractivity contribution >= 4 is 17.6 Å². The van der Waals surface area contributed by atoms with Crippen LogP contribution < -0.4 is 5.32 Å². The number of hydrogen-bond acceptors (Lipinski definition) is 4. The number of anilines is 1. The maximum absolute atomic E-state index is 12.8. The highest BCUT2D eigenvalue weighted by Gasteiger charge is 2.29. The Morgan fingerprint density at radius 1 is 1.03 bits per heavy atom. The lowest BCUT2D eigenvalue weighted by molar-refractivity contribution is -0.120. The summed E-state index contributed by atoms with van der Waals surface area (Å²) in [5.41, 5.74) is 2.21. The van der Waals surface area contributed by atoms with E-state index in [2.05, 4.69) is 42.3 Å². The predicted molar refractivity (Wildman–Crippen MR) is 149 cm³/mol. The summed E-state index contributed by atoms with van der Waals surface area (Å²) < 4.78 is 5.40. The van der Waals surface area contributed by atoms with Gasteiger partial charge in [0.25, 0.3) is 0 Å². The predicted octanol–water partition coefficient (Wildman–Crippen LogP) is 5.01. The average molecular weight is 513 g/mol. The van der Waals surface area contributed by atoms with Crippen molar-refractivity contribution in [1.29, 1.82) is 0 Å². The van der Waals surface area contributed by atoms with E-state index >= 15 is 0 Å². The Bertz CT molecular complexity index is 858. The van der Waals surface area contributed by atoms with Gasteiger partial charge in [-0.3, -0.25) is 4.79 Å². The van der Waals surface area contributed by atoms with Gasteiger partial charge in [-0.05, 0) is 75.6 Å². The van der Waals surface area contributed by atoms with Gasteiger partial charge in [0.1, 0.15) is 0 Å². The van der Waals surface area contributed by atoms with E-state index in [4.69, 9.17) is 4.74 Å². The molecule has 1 aromatic rings. The molecule has 206 valence electrons. The molecule has 3 amide bonds. The van der Waals surface area contributed by atoms with Gasteiger partial charge in [-0.15, -0.1) is 0 Å². The molecule has 7 nitrogen and oxygen atoms in total. The van der Waals surface area contributed by atoms with Crippen molar-refractivity contribution in [2.24, 2.45) is 11.8 Å². The van der Waals surface area contributed by atoms with Crippen molar-refractivity contribution in [2.75, 3.05) is 57.8 Å². The molecule has 3 aliphatic rings. The molecule has 2 aliphatic heterocycles. The van der Waals surface area contributed by atoms with Crippen molar-refractivity contribution < 1.29 is 14.3 Å². The van der Waals surface area contributed by atoms with Gasteiger partial charge >= 0.3 is 6.03 Å². The van der Waals surface area contributed by atoms with Crippen LogP contribution in [-0.4, -0.2) is 85.2 Å². The third-order valence-electron chi connectivity index (χ3n) is 8.50. The van der Waals surface area contributed by atoms with Crippen molar-refractivity contribution in [3.63, 3.8) is 0 Å². The molecule has 0 spiro atoms. The highest BCUT2D eigenvalue weighted by atomic mass is 16.5. The molecule has 4 rings (SSSR count). The largest absolute Gasteiger partial charge is 0.378 e. The summed E-state index contributed by atoms with van der Waals surface area (Å²) in [7, 11) is 0. The van der Waals surface area contributed by atoms with Crippen LogP contribution >= 0.6 is 0 Å². The number of urea groups is 1. The van der Waals surface area contributed by atoms with E-state index in [1.165, 1.54) is 24.8 Å². The Morgan fingerprint density at radius 3 is 2.43 bits per heavy atom. The first-order valence-corrected chi connectivity index (χ1v) is 14.8. The summed E-state index contributed by atoms with van der Waals surface area (Å²) in [6.45, 7) is 11.2. The van der Waals surface area contributed by atoms with Crippen molar-refractivity contribution in [3.8, 4) is 0 Å². The van der Waals surface area contributed by atoms with Crippen LogP contribution in [0.25, 0.3) is 0 Å². The van der Waals surface area contributed by atoms with Gasteiger partial charge in [-0.1, -0.05) is 38.3 Å². The molecule has 2 heterocycles. The van der Waals surface area contributed by atoms with Gasteiger partial charge in [0.15, 0.2) is 0 Å². The monoisotopic (exact) mass is 512 g/mol. The summed E-state index contributed by atoms with van der Waals surface area (Å²) in [5.74, 6) is 0.992. The number of nitrogens with one attached hydrogen (secondary N) is 1. The normalized spacial score (nSPS) is 20.7. The molecular weight excluding hydrogens is 464 g/mol. The van der Waals surface area contributed by atoms with Gasteiger partial charge in [-0.25, -0.2) is 4.79 Å². The standard InChI is InChI=1S/C30H48N4O3/c1-3-14-34(23-25-12-15-32(16-13-25)30(36)33-17-19-37-20-18-33)24(2)21-26-8-7-11-28(22-26)31-29(35)27-9-5-4-6-10-27/h7-8,11,22,24-25,27H,3-6,9-10,12-21,23H2,1-2H3,(H,31,35)/t24-/m0/s1. The molecule has 0 unspecified atom stereocenters. The molecule has 2 saturated heterocycles. The van der Waals surface area contributed by atoms with Gasteiger partial charge in [-0.2, -0.15) is 0 Å². The number of piperidine rings is 1. The fourth-order valence-electron chi connectivity index (χ4n) is 6.23. The molecule has 7 heteroatoms. The maximum Gasteiger partial charge on any atom is 0.320 e. The Morgan fingerprint density at radius 2 is 1.73 bits per heavy atom. The second-order valence-corrected chi connectivity index (χ2v) is 11.4. The topological polar surface area (TPSA) is 65.1 Å². The summed E-state index contributed by atoms with van der Waals surface area (Å²) >= 11 is 0. The maximum atomic E-state index is 12.8. The minimum atomic E-state index is 0.173. The van der Waals surface area contributed by atoms with E-state index < -0.39 is 0 Å². The number of carbonyl (C=O) groups excluding carboxylic acids is 2. The van der Waals surface area contributed by atoms with Crippen LogP contribution in [0.2, 0.25) is 0 Å². The Labute approximate surface area is 223 Å². The van der Waals surface area contributed by atoms with Crippen LogP contribution in [-0.2, 0) is 16.0 Å². The van der Waals surface area contributed by atoms with Crippen LogP contribution in [0.1, 0.15) is 70.8 Å². The average Bonchev–Trinajstić information content (AvgIpc) is 2.94. The van der Waals surface area contributed by atoms with E-state index in [1.807, 2.05) is 15.9 Å². The molecule has 0 bridgehead atoms. The van der Waals surface area contributed by atoms with E-state index in [0.717, 1.165) is 70.4 Å². The zero-order valence-electron chi connectivity index (χ0n) is 23.1. The molecular formula is C30H48N4O3.